The summed E-state index contributed by atoms with van der Waals surface area (Å²) in [7, 11) is 0. The molecule has 0 saturated carbocycles. The summed E-state index contributed by atoms with van der Waals surface area (Å²) in [4.78, 5) is 26.3. The van der Waals surface area contributed by atoms with Crippen molar-refractivity contribution < 1.29 is 28.5 Å². The zero-order valence-corrected chi connectivity index (χ0v) is 19.7. The van der Waals surface area contributed by atoms with Gasteiger partial charge in [0.2, 0.25) is 0 Å². The number of amides is 1. The monoisotopic (exact) mass is 455 g/mol. The predicted octanol–water partition coefficient (Wildman–Crippen LogP) is 4.69. The molecule has 1 saturated heterocycles. The van der Waals surface area contributed by atoms with Crippen molar-refractivity contribution in [2.24, 2.45) is 0 Å². The minimum Gasteiger partial charge on any atom is -0.444 e. The normalized spacial score (nSPS) is 20.5. The molecule has 3 rings (SSSR count). The maximum Gasteiger partial charge on any atom is 0.413 e. The molecular weight excluding hydrogens is 422 g/mol. The van der Waals surface area contributed by atoms with Gasteiger partial charge in [-0.15, -0.1) is 0 Å². The van der Waals surface area contributed by atoms with E-state index in [1.807, 2.05) is 60.7 Å². The van der Waals surface area contributed by atoms with Crippen LogP contribution in [0.2, 0.25) is 0 Å². The number of rotatable bonds is 8. The van der Waals surface area contributed by atoms with Gasteiger partial charge in [-0.2, -0.15) is 0 Å². The van der Waals surface area contributed by atoms with E-state index in [4.69, 9.17) is 18.9 Å². The van der Waals surface area contributed by atoms with Gasteiger partial charge in [0.05, 0.1) is 32.0 Å². The van der Waals surface area contributed by atoms with Crippen LogP contribution in [0.25, 0.3) is 0 Å². The van der Waals surface area contributed by atoms with Crippen LogP contribution < -0.4 is 0 Å². The van der Waals surface area contributed by atoms with Crippen LogP contribution in [0.3, 0.4) is 0 Å². The van der Waals surface area contributed by atoms with Crippen molar-refractivity contribution in [2.75, 3.05) is 6.61 Å². The number of carbonyl (C=O) groups excluding carboxylic acids is 2. The Morgan fingerprint density at radius 1 is 0.939 bits per heavy atom. The van der Waals surface area contributed by atoms with Crippen LogP contribution in [-0.4, -0.2) is 47.5 Å². The number of ether oxygens (including phenoxy) is 4. The molecule has 0 aliphatic carbocycles. The molecular formula is C26H33NO6. The highest BCUT2D eigenvalue weighted by Crippen LogP contribution is 2.31. The zero-order valence-electron chi connectivity index (χ0n) is 19.7. The van der Waals surface area contributed by atoms with Gasteiger partial charge in [-0.1, -0.05) is 60.7 Å². The lowest BCUT2D eigenvalue weighted by atomic mass is 10.1. The first-order valence-electron chi connectivity index (χ1n) is 11.2. The third kappa shape index (κ3) is 7.58. The molecule has 7 nitrogen and oxygen atoms in total. The van der Waals surface area contributed by atoms with Gasteiger partial charge in [-0.05, 0) is 31.9 Å². The molecule has 1 heterocycles. The summed E-state index contributed by atoms with van der Waals surface area (Å²) in [6.07, 6.45) is -1.40. The molecule has 2 aromatic carbocycles. The van der Waals surface area contributed by atoms with Gasteiger partial charge in [0.1, 0.15) is 5.60 Å². The standard InChI is InChI=1S/C26H33NO6/c1-19(28)32-24-15-23(31-17-21-13-9-6-10-14-21)22(27(24)25(29)33-26(2,3)4)18-30-16-20-11-7-5-8-12-20/h5-14,22-24H,15-18H2,1-4H3/t22-,23+,24?/m1/s1. The third-order valence-electron chi connectivity index (χ3n) is 5.14. The van der Waals surface area contributed by atoms with Crippen LogP contribution in [0.15, 0.2) is 60.7 Å². The van der Waals surface area contributed by atoms with E-state index >= 15 is 0 Å². The SMILES string of the molecule is CC(=O)OC1C[C@H](OCc2ccccc2)[C@@H](COCc2ccccc2)N1C(=O)OC(C)(C)C. The molecule has 1 amide bonds. The van der Waals surface area contributed by atoms with Gasteiger partial charge in [-0.25, -0.2) is 4.79 Å². The average molecular weight is 456 g/mol. The molecule has 3 atom stereocenters. The van der Waals surface area contributed by atoms with Gasteiger partial charge >= 0.3 is 12.1 Å². The molecule has 33 heavy (non-hydrogen) atoms. The number of nitrogens with zero attached hydrogens (tertiary/aromatic N) is 1. The van der Waals surface area contributed by atoms with E-state index in [-0.39, 0.29) is 6.61 Å². The maximum absolute atomic E-state index is 13.1. The summed E-state index contributed by atoms with van der Waals surface area (Å²) in [5.41, 5.74) is 1.34. The fourth-order valence-electron chi connectivity index (χ4n) is 3.74. The fraction of sp³-hybridized carbons (Fsp3) is 0.462. The molecule has 2 aromatic rings. The Morgan fingerprint density at radius 3 is 2.06 bits per heavy atom. The lowest BCUT2D eigenvalue weighted by Crippen LogP contribution is -2.49. The van der Waals surface area contributed by atoms with Crippen molar-refractivity contribution in [1.82, 2.24) is 4.90 Å². The second-order valence-electron chi connectivity index (χ2n) is 9.09. The first-order valence-corrected chi connectivity index (χ1v) is 11.2. The molecule has 1 fully saturated rings. The second kappa shape index (κ2) is 11.3. The number of likely N-dealkylation sites (tertiary alicyclic amines) is 1. The molecule has 0 spiro atoms. The number of benzene rings is 2. The van der Waals surface area contributed by atoms with E-state index in [0.29, 0.717) is 19.6 Å². The minimum absolute atomic E-state index is 0.214. The van der Waals surface area contributed by atoms with Crippen molar-refractivity contribution in [2.45, 2.75) is 71.3 Å². The molecule has 0 N–H and O–H groups in total. The lowest BCUT2D eigenvalue weighted by molar-refractivity contribution is -0.154. The van der Waals surface area contributed by atoms with Crippen LogP contribution in [0.5, 0.6) is 0 Å². The summed E-state index contributed by atoms with van der Waals surface area (Å²) in [5.74, 6) is -0.471. The van der Waals surface area contributed by atoms with Gasteiger partial charge in [0.15, 0.2) is 6.23 Å². The molecule has 0 aromatic heterocycles. The largest absolute Gasteiger partial charge is 0.444 e. The molecule has 0 bridgehead atoms. The Morgan fingerprint density at radius 2 is 1.52 bits per heavy atom. The van der Waals surface area contributed by atoms with E-state index in [1.54, 1.807) is 20.8 Å². The van der Waals surface area contributed by atoms with Crippen molar-refractivity contribution in [3.8, 4) is 0 Å². The van der Waals surface area contributed by atoms with Gasteiger partial charge < -0.3 is 18.9 Å². The van der Waals surface area contributed by atoms with Gasteiger partial charge in [0, 0.05) is 13.3 Å². The summed E-state index contributed by atoms with van der Waals surface area (Å²) in [6, 6.07) is 19.1. The summed E-state index contributed by atoms with van der Waals surface area (Å²) in [5, 5.41) is 0. The molecule has 1 aliphatic rings. The Bertz CT molecular complexity index is 896. The summed E-state index contributed by atoms with van der Waals surface area (Å²) >= 11 is 0. The van der Waals surface area contributed by atoms with Crippen LogP contribution in [-0.2, 0) is 37.0 Å². The third-order valence-corrected chi connectivity index (χ3v) is 5.14. The van der Waals surface area contributed by atoms with E-state index in [2.05, 4.69) is 0 Å². The van der Waals surface area contributed by atoms with E-state index in [1.165, 1.54) is 11.8 Å². The Labute approximate surface area is 195 Å². The smallest absolute Gasteiger partial charge is 0.413 e. The van der Waals surface area contributed by atoms with Gasteiger partial charge in [0.25, 0.3) is 0 Å². The maximum atomic E-state index is 13.1. The molecule has 1 aliphatic heterocycles. The minimum atomic E-state index is -0.788. The highest BCUT2D eigenvalue weighted by Gasteiger charge is 2.48. The Kier molecular flexibility index (Phi) is 8.47. The van der Waals surface area contributed by atoms with Crippen molar-refractivity contribution in [3.63, 3.8) is 0 Å². The van der Waals surface area contributed by atoms with E-state index in [0.717, 1.165) is 11.1 Å². The second-order valence-corrected chi connectivity index (χ2v) is 9.09. The number of carbonyl (C=O) groups is 2. The van der Waals surface area contributed by atoms with Crippen molar-refractivity contribution in [1.29, 1.82) is 0 Å². The van der Waals surface area contributed by atoms with Crippen LogP contribution in [0.1, 0.15) is 45.2 Å². The first kappa shape index (κ1) is 24.7. The predicted molar refractivity (Wildman–Crippen MR) is 123 cm³/mol. The molecule has 0 radical (unpaired) electrons. The Balaban J connectivity index is 1.78. The van der Waals surface area contributed by atoms with E-state index < -0.39 is 36.0 Å². The quantitative estimate of drug-likeness (QED) is 0.538. The van der Waals surface area contributed by atoms with Crippen LogP contribution in [0.4, 0.5) is 4.79 Å². The number of hydrogen-bond acceptors (Lipinski definition) is 6. The topological polar surface area (TPSA) is 74.3 Å². The van der Waals surface area contributed by atoms with Crippen molar-refractivity contribution in [3.05, 3.63) is 71.8 Å². The molecule has 178 valence electrons. The zero-order chi connectivity index (χ0) is 23.8. The average Bonchev–Trinajstić information content (AvgIpc) is 3.09. The Hall–Kier alpha value is -2.90. The number of hydrogen-bond donors (Lipinski definition) is 0. The van der Waals surface area contributed by atoms with Crippen molar-refractivity contribution >= 4 is 12.1 Å². The highest BCUT2D eigenvalue weighted by atomic mass is 16.6. The molecule has 1 unspecified atom stereocenters. The lowest BCUT2D eigenvalue weighted by Gasteiger charge is -2.32. The first-order chi connectivity index (χ1) is 15.7. The summed E-state index contributed by atoms with van der Waals surface area (Å²) in [6.45, 7) is 7.70. The van der Waals surface area contributed by atoms with E-state index in [9.17, 15) is 9.59 Å². The van der Waals surface area contributed by atoms with Crippen LogP contribution >= 0.6 is 0 Å². The molecule has 7 heteroatoms. The highest BCUT2D eigenvalue weighted by molar-refractivity contribution is 5.71. The van der Waals surface area contributed by atoms with Gasteiger partial charge in [-0.3, -0.25) is 9.69 Å². The number of esters is 1. The van der Waals surface area contributed by atoms with Crippen LogP contribution in [0, 0.1) is 0 Å². The summed E-state index contributed by atoms with van der Waals surface area (Å²) < 4.78 is 23.3. The fourth-order valence-corrected chi connectivity index (χ4v) is 3.74.